The van der Waals surface area contributed by atoms with Crippen LogP contribution in [0.5, 0.6) is 5.75 Å². The van der Waals surface area contributed by atoms with Crippen LogP contribution in [0.25, 0.3) is 10.9 Å². The van der Waals surface area contributed by atoms with E-state index in [1.54, 1.807) is 24.4 Å². The lowest BCUT2D eigenvalue weighted by molar-refractivity contribution is 0.306. The third kappa shape index (κ3) is 5.04. The van der Waals surface area contributed by atoms with Crippen molar-refractivity contribution >= 4 is 56.2 Å². The van der Waals surface area contributed by atoms with E-state index in [9.17, 15) is 4.79 Å². The highest BCUT2D eigenvalue weighted by Gasteiger charge is 2.09. The van der Waals surface area contributed by atoms with Gasteiger partial charge in [0.2, 0.25) is 0 Å². The average Bonchev–Trinajstić information content (AvgIpc) is 2.80. The molecule has 4 aromatic rings. The number of halogens is 3. The highest BCUT2D eigenvalue weighted by molar-refractivity contribution is 9.10. The van der Waals surface area contributed by atoms with Gasteiger partial charge in [0, 0.05) is 10.9 Å². The molecule has 0 spiro atoms. The summed E-state index contributed by atoms with van der Waals surface area (Å²) in [6.07, 6.45) is 2.22. The van der Waals surface area contributed by atoms with Crippen LogP contribution in [-0.2, 0) is 13.0 Å². The van der Waals surface area contributed by atoms with Crippen LogP contribution in [0.4, 0.5) is 0 Å². The normalized spacial score (nSPS) is 11.4. The van der Waals surface area contributed by atoms with Crippen molar-refractivity contribution in [2.24, 2.45) is 5.10 Å². The van der Waals surface area contributed by atoms with Gasteiger partial charge >= 0.3 is 0 Å². The molecule has 0 radical (unpaired) electrons. The maximum absolute atomic E-state index is 13.0. The summed E-state index contributed by atoms with van der Waals surface area (Å²) in [6, 6.07) is 18.3. The molecule has 0 N–H and O–H groups in total. The smallest absolute Gasteiger partial charge is 0.282 e. The topological polar surface area (TPSA) is 56.5 Å². The fraction of sp³-hybridized carbons (Fsp3) is 0.125. The summed E-state index contributed by atoms with van der Waals surface area (Å²) in [5.74, 6) is 1.31. The van der Waals surface area contributed by atoms with Crippen molar-refractivity contribution < 1.29 is 4.74 Å². The van der Waals surface area contributed by atoms with Gasteiger partial charge in [-0.1, -0.05) is 52.1 Å². The average molecular weight is 531 g/mol. The number of aromatic nitrogens is 2. The van der Waals surface area contributed by atoms with E-state index in [0.717, 1.165) is 15.6 Å². The van der Waals surface area contributed by atoms with Gasteiger partial charge in [0.15, 0.2) is 0 Å². The van der Waals surface area contributed by atoms with E-state index in [0.29, 0.717) is 45.5 Å². The van der Waals surface area contributed by atoms with E-state index in [1.165, 1.54) is 4.68 Å². The molecule has 0 saturated heterocycles. The Morgan fingerprint density at radius 2 is 1.84 bits per heavy atom. The van der Waals surface area contributed by atoms with Crippen LogP contribution >= 0.6 is 39.1 Å². The molecule has 0 aliphatic rings. The largest absolute Gasteiger partial charge is 0.489 e. The summed E-state index contributed by atoms with van der Waals surface area (Å²) in [6.45, 7) is 2.32. The molecule has 3 aromatic carbocycles. The van der Waals surface area contributed by atoms with Gasteiger partial charge in [0.25, 0.3) is 5.56 Å². The molecule has 1 aromatic heterocycles. The van der Waals surface area contributed by atoms with Gasteiger partial charge in [-0.3, -0.25) is 4.79 Å². The summed E-state index contributed by atoms with van der Waals surface area (Å²) in [5, 5.41) is 5.92. The van der Waals surface area contributed by atoms with Gasteiger partial charge in [-0.05, 0) is 65.7 Å². The molecule has 8 heteroatoms. The Balaban J connectivity index is 1.52. The molecular formula is C24H18BrCl2N3O2. The van der Waals surface area contributed by atoms with Crippen molar-refractivity contribution in [2.45, 2.75) is 20.0 Å². The first-order valence-corrected chi connectivity index (χ1v) is 11.4. The second-order valence-electron chi connectivity index (χ2n) is 7.01. The number of rotatable bonds is 6. The molecule has 0 aliphatic heterocycles. The molecule has 162 valence electrons. The van der Waals surface area contributed by atoms with Crippen LogP contribution in [0, 0.1) is 0 Å². The first-order valence-electron chi connectivity index (χ1n) is 9.87. The predicted octanol–water partition coefficient (Wildman–Crippen LogP) is 6.49. The van der Waals surface area contributed by atoms with Gasteiger partial charge in [-0.15, -0.1) is 0 Å². The van der Waals surface area contributed by atoms with E-state index in [2.05, 4.69) is 26.0 Å². The molecule has 32 heavy (non-hydrogen) atoms. The Morgan fingerprint density at radius 3 is 2.56 bits per heavy atom. The second-order valence-corrected chi connectivity index (χ2v) is 8.74. The molecule has 0 aliphatic carbocycles. The van der Waals surface area contributed by atoms with Crippen molar-refractivity contribution in [3.8, 4) is 5.75 Å². The molecule has 4 rings (SSSR count). The Hall–Kier alpha value is -2.67. The predicted molar refractivity (Wildman–Crippen MR) is 133 cm³/mol. The number of hydrogen-bond donors (Lipinski definition) is 0. The zero-order valence-electron chi connectivity index (χ0n) is 17.1. The zero-order valence-corrected chi connectivity index (χ0v) is 20.2. The van der Waals surface area contributed by atoms with E-state index in [-0.39, 0.29) is 5.56 Å². The van der Waals surface area contributed by atoms with Crippen molar-refractivity contribution in [2.75, 3.05) is 0 Å². The van der Waals surface area contributed by atoms with Crippen LogP contribution in [0.15, 0.2) is 75.0 Å². The summed E-state index contributed by atoms with van der Waals surface area (Å²) < 4.78 is 7.97. The van der Waals surface area contributed by atoms with Gasteiger partial charge in [0.05, 0.1) is 27.2 Å². The molecule has 5 nitrogen and oxygen atoms in total. The second kappa shape index (κ2) is 9.86. The summed E-state index contributed by atoms with van der Waals surface area (Å²) in [5.41, 5.74) is 2.21. The minimum absolute atomic E-state index is 0.203. The molecule has 1 heterocycles. The molecule has 0 amide bonds. The number of benzene rings is 3. The van der Waals surface area contributed by atoms with Gasteiger partial charge in [-0.2, -0.15) is 9.78 Å². The minimum Gasteiger partial charge on any atom is -0.489 e. The van der Waals surface area contributed by atoms with Crippen LogP contribution in [0.2, 0.25) is 10.0 Å². The first kappa shape index (κ1) is 22.5. The maximum Gasteiger partial charge on any atom is 0.282 e. The highest BCUT2D eigenvalue weighted by atomic mass is 79.9. The third-order valence-corrected chi connectivity index (χ3v) is 6.02. The Morgan fingerprint density at radius 1 is 1.06 bits per heavy atom. The van der Waals surface area contributed by atoms with E-state index in [1.807, 2.05) is 49.4 Å². The van der Waals surface area contributed by atoms with Gasteiger partial charge in [0.1, 0.15) is 18.2 Å². The Labute approximate surface area is 203 Å². The number of hydrogen-bond acceptors (Lipinski definition) is 4. The standard InChI is InChI=1S/C24H18BrCl2N3O2/c1-2-23-29-22-10-6-17(25)12-19(22)24(31)30(23)28-13-15-3-7-18(8-4-15)32-14-16-5-9-20(26)21(27)11-16/h3-13H,2,14H2,1H3. The van der Waals surface area contributed by atoms with Crippen LogP contribution < -0.4 is 10.3 Å². The molecular weight excluding hydrogens is 513 g/mol. The first-order chi connectivity index (χ1) is 15.4. The van der Waals surface area contributed by atoms with E-state index < -0.39 is 0 Å². The van der Waals surface area contributed by atoms with Crippen LogP contribution in [-0.4, -0.2) is 15.9 Å². The van der Waals surface area contributed by atoms with E-state index >= 15 is 0 Å². The molecule has 0 fully saturated rings. The quantitative estimate of drug-likeness (QED) is 0.268. The van der Waals surface area contributed by atoms with Crippen LogP contribution in [0.1, 0.15) is 23.9 Å². The number of aryl methyl sites for hydroxylation is 1. The number of fused-ring (bicyclic) bond motifs is 1. The molecule has 0 bridgehead atoms. The fourth-order valence-electron chi connectivity index (χ4n) is 3.11. The summed E-state index contributed by atoms with van der Waals surface area (Å²) in [7, 11) is 0. The van der Waals surface area contributed by atoms with Gasteiger partial charge < -0.3 is 4.74 Å². The third-order valence-electron chi connectivity index (χ3n) is 4.78. The SMILES string of the molecule is CCc1nc2ccc(Br)cc2c(=O)n1N=Cc1ccc(OCc2ccc(Cl)c(Cl)c2)cc1. The zero-order chi connectivity index (χ0) is 22.7. The number of nitrogens with zero attached hydrogens (tertiary/aromatic N) is 3. The van der Waals surface area contributed by atoms with Crippen molar-refractivity contribution in [1.82, 2.24) is 9.66 Å². The van der Waals surface area contributed by atoms with Gasteiger partial charge in [-0.25, -0.2) is 4.98 Å². The van der Waals surface area contributed by atoms with Crippen molar-refractivity contribution in [1.29, 1.82) is 0 Å². The lowest BCUT2D eigenvalue weighted by atomic mass is 10.2. The van der Waals surface area contributed by atoms with Crippen molar-refractivity contribution in [3.05, 3.63) is 102 Å². The summed E-state index contributed by atoms with van der Waals surface area (Å²) >= 11 is 15.4. The Kier molecular flexibility index (Phi) is 6.94. The summed E-state index contributed by atoms with van der Waals surface area (Å²) in [4.78, 5) is 17.5. The van der Waals surface area contributed by atoms with Crippen LogP contribution in [0.3, 0.4) is 0 Å². The minimum atomic E-state index is -0.203. The lowest BCUT2D eigenvalue weighted by Crippen LogP contribution is -2.22. The maximum atomic E-state index is 13.0. The monoisotopic (exact) mass is 529 g/mol. The van der Waals surface area contributed by atoms with Crippen molar-refractivity contribution in [3.63, 3.8) is 0 Å². The number of ether oxygens (including phenoxy) is 1. The molecule has 0 saturated carbocycles. The molecule has 0 unspecified atom stereocenters. The fourth-order valence-corrected chi connectivity index (χ4v) is 3.80. The highest BCUT2D eigenvalue weighted by Crippen LogP contribution is 2.23. The molecule has 0 atom stereocenters. The van der Waals surface area contributed by atoms with E-state index in [4.69, 9.17) is 27.9 Å². The Bertz CT molecular complexity index is 1370. The lowest BCUT2D eigenvalue weighted by Gasteiger charge is -2.08.